The lowest BCUT2D eigenvalue weighted by Gasteiger charge is -2.16. The van der Waals surface area contributed by atoms with Crippen molar-refractivity contribution in [1.29, 1.82) is 0 Å². The number of carboxylic acids is 2. The highest BCUT2D eigenvalue weighted by Crippen LogP contribution is 2.15. The number of hydrogen-bond donors (Lipinski definition) is 3. The number of carboxylic acid groups (broad SMARTS) is 2. The highest BCUT2D eigenvalue weighted by atomic mass is 35.5. The molecule has 1 rings (SSSR count). The average molecular weight is 309 g/mol. The Morgan fingerprint density at radius 2 is 1.50 bits per heavy atom. The average Bonchev–Trinajstić information content (AvgIpc) is 2.85. The number of nitrogens with zero attached hydrogens (tertiary/aromatic N) is 3. The fourth-order valence-corrected chi connectivity index (χ4v) is 0.658. The monoisotopic (exact) mass is 308 g/mol. The van der Waals surface area contributed by atoms with E-state index in [1.165, 1.54) is 27.7 Å². The molecule has 0 unspecified atom stereocenters. The quantitative estimate of drug-likeness (QED) is 0.673. The number of aliphatic carboxylic acids is 2. The van der Waals surface area contributed by atoms with Gasteiger partial charge in [0, 0.05) is 6.54 Å². The molecule has 1 heterocycles. The summed E-state index contributed by atoms with van der Waals surface area (Å²) in [4.78, 5) is 25.1. The maximum Gasteiger partial charge on any atom is 0.332 e. The summed E-state index contributed by atoms with van der Waals surface area (Å²) in [7, 11) is 0. The van der Waals surface area contributed by atoms with Crippen LogP contribution in [-0.2, 0) is 9.59 Å². The molecule has 116 valence electrons. The molecule has 0 aromatic heterocycles. The number of rotatable bonds is 4. The van der Waals surface area contributed by atoms with E-state index in [-0.39, 0.29) is 12.4 Å². The van der Waals surface area contributed by atoms with Crippen LogP contribution in [0.3, 0.4) is 0 Å². The van der Waals surface area contributed by atoms with Gasteiger partial charge in [-0.25, -0.2) is 9.59 Å². The standard InChI is InChI=1S/C8H14N2O4.C3H6N2.ClH/c1-7(2,5(11)12)9-10-8(3,4)6(13)14;1-2-5-3-4-1;/h1-4H3,(H,11,12)(H,13,14);3H,1-2H2,(H,4,5);1H. The van der Waals surface area contributed by atoms with E-state index >= 15 is 0 Å². The Labute approximate surface area is 123 Å². The first-order valence-corrected chi connectivity index (χ1v) is 5.72. The van der Waals surface area contributed by atoms with Crippen LogP contribution in [0.25, 0.3) is 0 Å². The molecule has 20 heavy (non-hydrogen) atoms. The Bertz CT molecular complexity index is 360. The first-order valence-electron chi connectivity index (χ1n) is 5.72. The Morgan fingerprint density at radius 3 is 1.65 bits per heavy atom. The SMILES string of the molecule is C1=NCCN1.CC(C)(N=NC(C)(C)C(=O)O)C(=O)O.Cl. The van der Waals surface area contributed by atoms with Gasteiger partial charge in [-0.15, -0.1) is 12.4 Å². The fourth-order valence-electron chi connectivity index (χ4n) is 0.658. The number of hydrogen-bond acceptors (Lipinski definition) is 6. The van der Waals surface area contributed by atoms with Gasteiger partial charge in [0.1, 0.15) is 0 Å². The summed E-state index contributed by atoms with van der Waals surface area (Å²) in [5.41, 5.74) is -2.79. The third kappa shape index (κ3) is 7.67. The fraction of sp³-hybridized carbons (Fsp3) is 0.727. The Hall–Kier alpha value is -1.70. The molecule has 0 amide bonds. The molecule has 8 nitrogen and oxygen atoms in total. The van der Waals surface area contributed by atoms with Crippen molar-refractivity contribution in [2.45, 2.75) is 38.8 Å². The molecule has 0 aliphatic carbocycles. The van der Waals surface area contributed by atoms with E-state index in [2.05, 4.69) is 20.5 Å². The predicted molar refractivity (Wildman–Crippen MR) is 76.9 cm³/mol. The van der Waals surface area contributed by atoms with Crippen molar-refractivity contribution in [2.75, 3.05) is 13.1 Å². The van der Waals surface area contributed by atoms with E-state index in [1.54, 1.807) is 6.34 Å². The predicted octanol–water partition coefficient (Wildman–Crippen LogP) is 1.20. The zero-order chi connectivity index (χ0) is 15.1. The Kier molecular flexibility index (Phi) is 8.73. The molecule has 1 aliphatic rings. The lowest BCUT2D eigenvalue weighted by Crippen LogP contribution is -2.32. The topological polar surface area (TPSA) is 124 Å². The molecule has 0 bridgehead atoms. The smallest absolute Gasteiger partial charge is 0.332 e. The van der Waals surface area contributed by atoms with Gasteiger partial charge in [0.15, 0.2) is 11.1 Å². The molecule has 0 aromatic carbocycles. The zero-order valence-electron chi connectivity index (χ0n) is 12.0. The van der Waals surface area contributed by atoms with Crippen LogP contribution in [0.4, 0.5) is 0 Å². The molecule has 0 spiro atoms. The minimum Gasteiger partial charge on any atom is -0.479 e. The van der Waals surface area contributed by atoms with Crippen molar-refractivity contribution >= 4 is 30.7 Å². The largest absolute Gasteiger partial charge is 0.479 e. The Morgan fingerprint density at radius 1 is 1.10 bits per heavy atom. The maximum absolute atomic E-state index is 10.6. The first-order chi connectivity index (χ1) is 8.59. The van der Waals surface area contributed by atoms with Crippen LogP contribution in [0.15, 0.2) is 15.2 Å². The van der Waals surface area contributed by atoms with Gasteiger partial charge >= 0.3 is 11.9 Å². The van der Waals surface area contributed by atoms with E-state index < -0.39 is 23.0 Å². The molecule has 0 fully saturated rings. The van der Waals surface area contributed by atoms with Crippen molar-refractivity contribution < 1.29 is 19.8 Å². The van der Waals surface area contributed by atoms with Crippen LogP contribution < -0.4 is 5.32 Å². The van der Waals surface area contributed by atoms with E-state index in [0.717, 1.165) is 13.1 Å². The number of nitrogens with one attached hydrogen (secondary N) is 1. The second-order valence-corrected chi connectivity index (χ2v) is 4.92. The van der Waals surface area contributed by atoms with Crippen molar-refractivity contribution in [2.24, 2.45) is 15.2 Å². The first kappa shape index (κ1) is 20.6. The third-order valence-corrected chi connectivity index (χ3v) is 2.16. The summed E-state index contributed by atoms with van der Waals surface area (Å²) in [5, 5.41) is 27.3. The van der Waals surface area contributed by atoms with Crippen LogP contribution >= 0.6 is 12.4 Å². The normalized spacial score (nSPS) is 14.0. The lowest BCUT2D eigenvalue weighted by atomic mass is 10.1. The van der Waals surface area contributed by atoms with Gasteiger partial charge in [-0.2, -0.15) is 10.2 Å². The summed E-state index contributed by atoms with van der Waals surface area (Å²) in [6.45, 7) is 7.36. The molecule has 0 atom stereocenters. The molecule has 9 heteroatoms. The molecule has 0 aromatic rings. The van der Waals surface area contributed by atoms with E-state index in [1.807, 2.05) is 0 Å². The van der Waals surface area contributed by atoms with Gasteiger partial charge < -0.3 is 15.5 Å². The van der Waals surface area contributed by atoms with Gasteiger partial charge in [0.2, 0.25) is 0 Å². The van der Waals surface area contributed by atoms with Gasteiger partial charge in [-0.05, 0) is 27.7 Å². The van der Waals surface area contributed by atoms with E-state index in [0.29, 0.717) is 0 Å². The van der Waals surface area contributed by atoms with Gasteiger partial charge in [0.25, 0.3) is 0 Å². The van der Waals surface area contributed by atoms with E-state index in [4.69, 9.17) is 10.2 Å². The summed E-state index contributed by atoms with van der Waals surface area (Å²) in [6, 6.07) is 0. The minimum atomic E-state index is -1.40. The van der Waals surface area contributed by atoms with Crippen molar-refractivity contribution in [3.05, 3.63) is 0 Å². The van der Waals surface area contributed by atoms with Crippen LogP contribution in [-0.4, -0.2) is 52.7 Å². The third-order valence-electron chi connectivity index (χ3n) is 2.16. The van der Waals surface area contributed by atoms with Crippen molar-refractivity contribution in [1.82, 2.24) is 5.32 Å². The molecule has 3 N–H and O–H groups in total. The number of aliphatic imine (C=N–C) groups is 1. The highest BCUT2D eigenvalue weighted by Gasteiger charge is 2.31. The number of carbonyl (C=O) groups is 2. The molecular weight excluding hydrogens is 288 g/mol. The second kappa shape index (κ2) is 8.47. The lowest BCUT2D eigenvalue weighted by molar-refractivity contribution is -0.144. The number of halogens is 1. The second-order valence-electron chi connectivity index (χ2n) is 4.92. The Balaban J connectivity index is 0. The van der Waals surface area contributed by atoms with Crippen LogP contribution in [0.5, 0.6) is 0 Å². The summed E-state index contributed by atoms with van der Waals surface area (Å²) in [6.07, 6.45) is 1.74. The molecule has 0 radical (unpaired) electrons. The van der Waals surface area contributed by atoms with Crippen molar-refractivity contribution in [3.8, 4) is 0 Å². The minimum absolute atomic E-state index is 0. The summed E-state index contributed by atoms with van der Waals surface area (Å²) >= 11 is 0. The summed E-state index contributed by atoms with van der Waals surface area (Å²) in [5.74, 6) is -2.30. The van der Waals surface area contributed by atoms with Gasteiger partial charge in [-0.3, -0.25) is 4.99 Å². The van der Waals surface area contributed by atoms with E-state index in [9.17, 15) is 9.59 Å². The zero-order valence-corrected chi connectivity index (χ0v) is 12.8. The maximum atomic E-state index is 10.6. The molecule has 1 aliphatic heterocycles. The van der Waals surface area contributed by atoms with Crippen LogP contribution in [0.1, 0.15) is 27.7 Å². The number of azo groups is 1. The summed E-state index contributed by atoms with van der Waals surface area (Å²) < 4.78 is 0. The molecule has 0 saturated heterocycles. The van der Waals surface area contributed by atoms with Gasteiger partial charge in [0.05, 0.1) is 12.9 Å². The van der Waals surface area contributed by atoms with Crippen LogP contribution in [0.2, 0.25) is 0 Å². The van der Waals surface area contributed by atoms with Crippen LogP contribution in [0, 0.1) is 0 Å². The van der Waals surface area contributed by atoms with Crippen molar-refractivity contribution in [3.63, 3.8) is 0 Å². The van der Waals surface area contributed by atoms with Gasteiger partial charge in [-0.1, -0.05) is 0 Å². The molecule has 0 saturated carbocycles. The molecular formula is C11H21ClN4O4. The highest BCUT2D eigenvalue weighted by molar-refractivity contribution is 5.85.